The van der Waals surface area contributed by atoms with Crippen molar-refractivity contribution in [3.05, 3.63) is 51.3 Å². The maximum absolute atomic E-state index is 13.5. The summed E-state index contributed by atoms with van der Waals surface area (Å²) in [5.41, 5.74) is 1.87. The van der Waals surface area contributed by atoms with Crippen LogP contribution in [-0.2, 0) is 19.1 Å². The number of nitrogens with one attached hydrogen (secondary N) is 2. The van der Waals surface area contributed by atoms with Crippen molar-refractivity contribution in [1.82, 2.24) is 5.32 Å². The summed E-state index contributed by atoms with van der Waals surface area (Å²) < 4.78 is 18.8. The average molecular weight is 477 g/mol. The number of anilines is 1. The Kier molecular flexibility index (Phi) is 7.75. The second kappa shape index (κ2) is 10.2. The van der Waals surface area contributed by atoms with E-state index in [0.29, 0.717) is 61.3 Å². The molecule has 0 spiro atoms. The minimum absolute atomic E-state index is 0.102. The van der Waals surface area contributed by atoms with Crippen molar-refractivity contribution in [3.8, 4) is 0 Å². The molecule has 0 saturated carbocycles. The lowest BCUT2D eigenvalue weighted by Crippen LogP contribution is -2.52. The number of rotatable bonds is 5. The lowest BCUT2D eigenvalue weighted by molar-refractivity contribution is -0.138. The van der Waals surface area contributed by atoms with E-state index in [9.17, 15) is 18.8 Å². The molecule has 33 heavy (non-hydrogen) atoms. The minimum Gasteiger partial charge on any atom is -0.381 e. The molecule has 1 aromatic rings. The molecule has 0 radical (unpaired) electrons. The van der Waals surface area contributed by atoms with E-state index in [1.807, 2.05) is 20.8 Å². The molecule has 178 valence electrons. The summed E-state index contributed by atoms with van der Waals surface area (Å²) in [5.74, 6) is -2.47. The third-order valence-electron chi connectivity index (χ3n) is 6.52. The van der Waals surface area contributed by atoms with Crippen LogP contribution in [0.15, 0.2) is 40.5 Å². The standard InChI is InChI=1S/C25H30ClFN2O4/c1-14-5-6-15(2)21(23(31)28-17-7-8-19(27)18(26)13-17)16(3)20(14)22(30)24(32)29-25(4)9-11-33-12-10-25/h7-8,13-14H,5-6,9-12H2,1-4H3,(H,28,31)(H,29,32). The summed E-state index contributed by atoms with van der Waals surface area (Å²) in [6.45, 7) is 8.42. The van der Waals surface area contributed by atoms with Gasteiger partial charge in [-0.2, -0.15) is 0 Å². The molecule has 2 N–H and O–H groups in total. The van der Waals surface area contributed by atoms with E-state index in [-0.39, 0.29) is 10.9 Å². The van der Waals surface area contributed by atoms with Crippen LogP contribution in [0.2, 0.25) is 5.02 Å². The molecule has 0 aromatic heterocycles. The van der Waals surface area contributed by atoms with Gasteiger partial charge < -0.3 is 15.4 Å². The van der Waals surface area contributed by atoms with Crippen LogP contribution in [0, 0.1) is 11.7 Å². The zero-order valence-electron chi connectivity index (χ0n) is 19.4. The number of amides is 2. The maximum Gasteiger partial charge on any atom is 0.292 e. The number of benzene rings is 1. The molecule has 2 amide bonds. The lowest BCUT2D eigenvalue weighted by atomic mass is 9.87. The predicted octanol–water partition coefficient (Wildman–Crippen LogP) is 4.73. The number of carbonyl (C=O) groups excluding carboxylic acids is 3. The number of hydrogen-bond donors (Lipinski definition) is 2. The van der Waals surface area contributed by atoms with Gasteiger partial charge in [0.1, 0.15) is 5.82 Å². The topological polar surface area (TPSA) is 84.5 Å². The molecule has 1 heterocycles. The van der Waals surface area contributed by atoms with Crippen molar-refractivity contribution in [1.29, 1.82) is 0 Å². The normalized spacial score (nSPS) is 20.8. The van der Waals surface area contributed by atoms with E-state index in [1.165, 1.54) is 18.2 Å². The molecule has 1 fully saturated rings. The van der Waals surface area contributed by atoms with E-state index < -0.39 is 29.0 Å². The Morgan fingerprint density at radius 1 is 1.18 bits per heavy atom. The van der Waals surface area contributed by atoms with Gasteiger partial charge in [0.05, 0.1) is 5.02 Å². The number of ketones is 1. The molecule has 1 saturated heterocycles. The Balaban J connectivity index is 1.89. The molecule has 6 nitrogen and oxygen atoms in total. The van der Waals surface area contributed by atoms with Gasteiger partial charge in [-0.15, -0.1) is 0 Å². The fourth-order valence-corrected chi connectivity index (χ4v) is 4.63. The van der Waals surface area contributed by atoms with E-state index in [4.69, 9.17) is 16.3 Å². The van der Waals surface area contributed by atoms with Gasteiger partial charge in [-0.25, -0.2) is 4.39 Å². The summed E-state index contributed by atoms with van der Waals surface area (Å²) >= 11 is 5.83. The van der Waals surface area contributed by atoms with Crippen LogP contribution in [0.1, 0.15) is 53.4 Å². The first-order valence-electron chi connectivity index (χ1n) is 11.1. The van der Waals surface area contributed by atoms with Crippen molar-refractivity contribution in [2.24, 2.45) is 5.92 Å². The van der Waals surface area contributed by atoms with Crippen LogP contribution in [0.4, 0.5) is 10.1 Å². The van der Waals surface area contributed by atoms with E-state index >= 15 is 0 Å². The van der Waals surface area contributed by atoms with Crippen LogP contribution in [-0.4, -0.2) is 36.4 Å². The minimum atomic E-state index is -0.662. The fraction of sp³-hybridized carbons (Fsp3) is 0.480. The van der Waals surface area contributed by atoms with Crippen LogP contribution < -0.4 is 10.6 Å². The number of ether oxygens (including phenoxy) is 1. The highest BCUT2D eigenvalue weighted by Gasteiger charge is 2.35. The van der Waals surface area contributed by atoms with Gasteiger partial charge in [0.25, 0.3) is 11.8 Å². The van der Waals surface area contributed by atoms with Crippen molar-refractivity contribution < 1.29 is 23.5 Å². The largest absolute Gasteiger partial charge is 0.381 e. The number of halogens is 2. The smallest absolute Gasteiger partial charge is 0.292 e. The molecule has 1 atom stereocenters. The number of hydrogen-bond acceptors (Lipinski definition) is 4. The molecule has 1 aliphatic heterocycles. The van der Waals surface area contributed by atoms with Gasteiger partial charge in [-0.05, 0) is 76.1 Å². The van der Waals surface area contributed by atoms with Gasteiger partial charge in [0.2, 0.25) is 5.78 Å². The van der Waals surface area contributed by atoms with Crippen molar-refractivity contribution in [3.63, 3.8) is 0 Å². The highest BCUT2D eigenvalue weighted by Crippen LogP contribution is 2.34. The first-order valence-corrected chi connectivity index (χ1v) is 11.5. The van der Waals surface area contributed by atoms with Crippen LogP contribution in [0.5, 0.6) is 0 Å². The Morgan fingerprint density at radius 3 is 2.48 bits per heavy atom. The van der Waals surface area contributed by atoms with E-state index in [1.54, 1.807) is 6.92 Å². The highest BCUT2D eigenvalue weighted by molar-refractivity contribution is 6.43. The van der Waals surface area contributed by atoms with Gasteiger partial charge in [-0.3, -0.25) is 14.4 Å². The van der Waals surface area contributed by atoms with Crippen molar-refractivity contribution >= 4 is 34.9 Å². The van der Waals surface area contributed by atoms with Gasteiger partial charge in [0, 0.05) is 35.6 Å². The zero-order valence-corrected chi connectivity index (χ0v) is 20.2. The number of carbonyl (C=O) groups is 3. The molecular weight excluding hydrogens is 447 g/mol. The van der Waals surface area contributed by atoms with Crippen molar-refractivity contribution in [2.75, 3.05) is 18.5 Å². The molecule has 1 aliphatic carbocycles. The summed E-state index contributed by atoms with van der Waals surface area (Å²) in [4.78, 5) is 39.4. The SMILES string of the molecule is CC1=C(C(=O)Nc2ccc(F)c(Cl)c2)C(C)=C(C(=O)C(=O)NC2(C)CCOCC2)C(C)CC1. The van der Waals surface area contributed by atoms with Gasteiger partial charge in [0.15, 0.2) is 0 Å². The third-order valence-corrected chi connectivity index (χ3v) is 6.81. The predicted molar refractivity (Wildman–Crippen MR) is 125 cm³/mol. The fourth-order valence-electron chi connectivity index (χ4n) is 4.45. The summed E-state index contributed by atoms with van der Waals surface area (Å²) in [7, 11) is 0. The monoisotopic (exact) mass is 476 g/mol. The highest BCUT2D eigenvalue weighted by atomic mass is 35.5. The Hall–Kier alpha value is -2.51. The van der Waals surface area contributed by atoms with Crippen molar-refractivity contribution in [2.45, 2.75) is 58.9 Å². The summed E-state index contributed by atoms with van der Waals surface area (Å²) in [6.07, 6.45) is 2.51. The van der Waals surface area contributed by atoms with E-state index in [2.05, 4.69) is 10.6 Å². The van der Waals surface area contributed by atoms with Gasteiger partial charge >= 0.3 is 0 Å². The Labute approximate surface area is 198 Å². The van der Waals surface area contributed by atoms with Crippen LogP contribution >= 0.6 is 11.6 Å². The molecular formula is C25H30ClFN2O4. The zero-order chi connectivity index (χ0) is 24.3. The van der Waals surface area contributed by atoms with Gasteiger partial charge in [-0.1, -0.05) is 24.1 Å². The first kappa shape index (κ1) is 25.1. The number of Topliss-reactive ketones (excluding diaryl/α,β-unsaturated/α-hetero) is 1. The third kappa shape index (κ3) is 5.71. The Morgan fingerprint density at radius 2 is 1.85 bits per heavy atom. The summed E-state index contributed by atoms with van der Waals surface area (Å²) in [6, 6.07) is 3.92. The lowest BCUT2D eigenvalue weighted by Gasteiger charge is -2.34. The molecule has 3 rings (SSSR count). The maximum atomic E-state index is 13.5. The Bertz CT molecular complexity index is 1040. The van der Waals surface area contributed by atoms with Crippen LogP contribution in [0.25, 0.3) is 0 Å². The molecule has 8 heteroatoms. The summed E-state index contributed by atoms with van der Waals surface area (Å²) in [5, 5.41) is 5.52. The number of allylic oxidation sites excluding steroid dienone is 1. The molecule has 1 aromatic carbocycles. The quantitative estimate of drug-likeness (QED) is 0.601. The second-order valence-electron chi connectivity index (χ2n) is 9.17. The van der Waals surface area contributed by atoms with E-state index in [0.717, 1.165) is 5.57 Å². The van der Waals surface area contributed by atoms with Crippen LogP contribution in [0.3, 0.4) is 0 Å². The first-order chi connectivity index (χ1) is 15.5. The second-order valence-corrected chi connectivity index (χ2v) is 9.58. The molecule has 1 unspecified atom stereocenters. The molecule has 2 aliphatic rings. The average Bonchev–Trinajstić information content (AvgIpc) is 2.85. The molecule has 0 bridgehead atoms.